The summed E-state index contributed by atoms with van der Waals surface area (Å²) in [5.74, 6) is -0.0509. The maximum Gasteiger partial charge on any atom is 0.194 e. The van der Waals surface area contributed by atoms with Gasteiger partial charge in [0.05, 0.1) is 0 Å². The fourth-order valence-corrected chi connectivity index (χ4v) is 2.58. The zero-order chi connectivity index (χ0) is 15.5. The van der Waals surface area contributed by atoms with Crippen molar-refractivity contribution in [2.75, 3.05) is 13.1 Å². The first-order chi connectivity index (χ1) is 10.6. The molecule has 0 bridgehead atoms. The van der Waals surface area contributed by atoms with Crippen molar-refractivity contribution < 1.29 is 8.78 Å². The Balaban J connectivity index is 1.62. The molecule has 1 fully saturated rings. The molecule has 1 aliphatic heterocycles. The third-order valence-electron chi connectivity index (χ3n) is 3.81. The molecule has 0 spiro atoms. The molecule has 22 heavy (non-hydrogen) atoms. The van der Waals surface area contributed by atoms with Crippen LogP contribution in [-0.4, -0.2) is 28.8 Å². The van der Waals surface area contributed by atoms with Crippen LogP contribution >= 0.6 is 0 Å². The normalized spacial score (nSPS) is 14.7. The lowest BCUT2D eigenvalue weighted by Gasteiger charge is -2.22. The number of hydrogen-bond donors (Lipinski definition) is 1. The lowest BCUT2D eigenvalue weighted by molar-refractivity contribution is 0.450. The van der Waals surface area contributed by atoms with E-state index >= 15 is 0 Å². The number of rotatable bonds is 4. The molecule has 1 heterocycles. The minimum absolute atomic E-state index is 0.252. The Labute approximate surface area is 128 Å². The Kier molecular flexibility index (Phi) is 4.04. The van der Waals surface area contributed by atoms with Gasteiger partial charge in [-0.2, -0.15) is 0 Å². The molecule has 1 aliphatic rings. The van der Waals surface area contributed by atoms with E-state index in [1.807, 2.05) is 9.80 Å². The van der Waals surface area contributed by atoms with Crippen molar-refractivity contribution in [3.05, 3.63) is 71.3 Å². The number of guanidine groups is 1. The highest BCUT2D eigenvalue weighted by atomic mass is 19.1. The zero-order valence-electron chi connectivity index (χ0n) is 12.1. The van der Waals surface area contributed by atoms with Gasteiger partial charge in [-0.25, -0.2) is 8.78 Å². The van der Waals surface area contributed by atoms with E-state index in [2.05, 4.69) is 0 Å². The molecular weight excluding hydrogens is 284 g/mol. The van der Waals surface area contributed by atoms with E-state index in [1.165, 1.54) is 24.3 Å². The fraction of sp³-hybridized carbons (Fsp3) is 0.235. The predicted octanol–water partition coefficient (Wildman–Crippen LogP) is 3.22. The second-order valence-corrected chi connectivity index (χ2v) is 5.42. The highest BCUT2D eigenvalue weighted by molar-refractivity contribution is 5.78. The lowest BCUT2D eigenvalue weighted by atomic mass is 10.2. The molecule has 0 unspecified atom stereocenters. The van der Waals surface area contributed by atoms with Crippen LogP contribution in [0, 0.1) is 17.0 Å². The van der Waals surface area contributed by atoms with Crippen molar-refractivity contribution in [1.82, 2.24) is 9.80 Å². The summed E-state index contributed by atoms with van der Waals surface area (Å²) >= 11 is 0. The summed E-state index contributed by atoms with van der Waals surface area (Å²) < 4.78 is 25.8. The number of halogens is 2. The van der Waals surface area contributed by atoms with Crippen LogP contribution in [0.1, 0.15) is 11.1 Å². The highest BCUT2D eigenvalue weighted by Crippen LogP contribution is 2.16. The summed E-state index contributed by atoms with van der Waals surface area (Å²) in [6.07, 6.45) is 0. The maximum atomic E-state index is 12.9. The van der Waals surface area contributed by atoms with Crippen LogP contribution in [0.5, 0.6) is 0 Å². The number of nitrogens with zero attached hydrogens (tertiary/aromatic N) is 2. The van der Waals surface area contributed by atoms with E-state index < -0.39 is 0 Å². The van der Waals surface area contributed by atoms with Gasteiger partial charge in [-0.3, -0.25) is 5.41 Å². The van der Waals surface area contributed by atoms with Gasteiger partial charge < -0.3 is 9.80 Å². The third kappa shape index (κ3) is 3.24. The first-order valence-corrected chi connectivity index (χ1v) is 7.19. The minimum Gasteiger partial charge on any atom is -0.337 e. The topological polar surface area (TPSA) is 30.3 Å². The Morgan fingerprint density at radius 1 is 0.727 bits per heavy atom. The van der Waals surface area contributed by atoms with Crippen molar-refractivity contribution >= 4 is 5.96 Å². The molecule has 0 atom stereocenters. The molecule has 0 saturated carbocycles. The highest BCUT2D eigenvalue weighted by Gasteiger charge is 2.24. The second kappa shape index (κ2) is 6.13. The molecule has 1 N–H and O–H groups in total. The van der Waals surface area contributed by atoms with Gasteiger partial charge >= 0.3 is 0 Å². The lowest BCUT2D eigenvalue weighted by Crippen LogP contribution is -2.32. The van der Waals surface area contributed by atoms with Crippen LogP contribution in [0.2, 0.25) is 0 Å². The van der Waals surface area contributed by atoms with Gasteiger partial charge in [0.15, 0.2) is 5.96 Å². The first-order valence-electron chi connectivity index (χ1n) is 7.19. The molecule has 5 heteroatoms. The Hall–Kier alpha value is -2.43. The molecule has 2 aromatic carbocycles. The SMILES string of the molecule is N=C1N(Cc2ccc(F)cc2)CCN1Cc1ccc(F)cc1. The van der Waals surface area contributed by atoms with Gasteiger partial charge in [0.2, 0.25) is 0 Å². The molecule has 0 radical (unpaired) electrons. The largest absolute Gasteiger partial charge is 0.337 e. The fourth-order valence-electron chi connectivity index (χ4n) is 2.58. The van der Waals surface area contributed by atoms with Crippen molar-refractivity contribution in [2.24, 2.45) is 0 Å². The Bertz CT molecular complexity index is 595. The Morgan fingerprint density at radius 2 is 1.09 bits per heavy atom. The third-order valence-corrected chi connectivity index (χ3v) is 3.81. The van der Waals surface area contributed by atoms with Gasteiger partial charge in [0.1, 0.15) is 11.6 Å². The molecule has 2 aromatic rings. The van der Waals surface area contributed by atoms with E-state index in [4.69, 9.17) is 5.41 Å². The predicted molar refractivity (Wildman–Crippen MR) is 81.3 cm³/mol. The maximum absolute atomic E-state index is 12.9. The molecule has 0 aromatic heterocycles. The van der Waals surface area contributed by atoms with Crippen LogP contribution in [0.15, 0.2) is 48.5 Å². The van der Waals surface area contributed by atoms with Gasteiger partial charge in [-0.15, -0.1) is 0 Å². The van der Waals surface area contributed by atoms with E-state index in [0.717, 1.165) is 24.2 Å². The van der Waals surface area contributed by atoms with Crippen LogP contribution in [-0.2, 0) is 13.1 Å². The van der Waals surface area contributed by atoms with E-state index in [1.54, 1.807) is 24.3 Å². The van der Waals surface area contributed by atoms with E-state index in [-0.39, 0.29) is 11.6 Å². The molecule has 114 valence electrons. The Morgan fingerprint density at radius 3 is 1.45 bits per heavy atom. The summed E-state index contributed by atoms with van der Waals surface area (Å²) in [5, 5.41) is 8.25. The summed E-state index contributed by atoms with van der Waals surface area (Å²) in [7, 11) is 0. The summed E-state index contributed by atoms with van der Waals surface area (Å²) in [6.45, 7) is 2.72. The van der Waals surface area contributed by atoms with Crippen LogP contribution in [0.3, 0.4) is 0 Å². The number of hydrogen-bond acceptors (Lipinski definition) is 1. The van der Waals surface area contributed by atoms with Crippen molar-refractivity contribution in [3.8, 4) is 0 Å². The van der Waals surface area contributed by atoms with Crippen LogP contribution < -0.4 is 0 Å². The monoisotopic (exact) mass is 301 g/mol. The molecule has 3 nitrogen and oxygen atoms in total. The average molecular weight is 301 g/mol. The molecular formula is C17H17F2N3. The van der Waals surface area contributed by atoms with Gasteiger partial charge in [0, 0.05) is 26.2 Å². The summed E-state index contributed by atoms with van der Waals surface area (Å²) in [4.78, 5) is 3.91. The smallest absolute Gasteiger partial charge is 0.194 e. The zero-order valence-corrected chi connectivity index (χ0v) is 12.1. The van der Waals surface area contributed by atoms with Gasteiger partial charge in [0.25, 0.3) is 0 Å². The van der Waals surface area contributed by atoms with Crippen LogP contribution in [0.4, 0.5) is 8.78 Å². The van der Waals surface area contributed by atoms with Crippen molar-refractivity contribution in [2.45, 2.75) is 13.1 Å². The molecule has 1 saturated heterocycles. The van der Waals surface area contributed by atoms with Crippen molar-refractivity contribution in [3.63, 3.8) is 0 Å². The molecule has 0 amide bonds. The van der Waals surface area contributed by atoms with E-state index in [9.17, 15) is 8.78 Å². The number of benzene rings is 2. The number of nitrogens with one attached hydrogen (secondary N) is 1. The van der Waals surface area contributed by atoms with Gasteiger partial charge in [-0.05, 0) is 35.4 Å². The first kappa shape index (κ1) is 14.5. The molecule has 3 rings (SSSR count). The molecule has 0 aliphatic carbocycles. The van der Waals surface area contributed by atoms with E-state index in [0.29, 0.717) is 19.0 Å². The quantitative estimate of drug-likeness (QED) is 0.940. The summed E-state index contributed by atoms with van der Waals surface area (Å²) in [5.41, 5.74) is 1.96. The average Bonchev–Trinajstić information content (AvgIpc) is 2.85. The summed E-state index contributed by atoms with van der Waals surface area (Å²) in [6, 6.07) is 12.7. The second-order valence-electron chi connectivity index (χ2n) is 5.42. The standard InChI is InChI=1S/C17H17F2N3/c18-15-5-1-13(2-6-15)11-21-9-10-22(17(21)20)12-14-3-7-16(19)8-4-14/h1-8,20H,9-12H2. The minimum atomic E-state index is -0.252. The van der Waals surface area contributed by atoms with Crippen molar-refractivity contribution in [1.29, 1.82) is 5.41 Å². The van der Waals surface area contributed by atoms with Gasteiger partial charge in [-0.1, -0.05) is 24.3 Å². The van der Waals surface area contributed by atoms with Crippen LogP contribution in [0.25, 0.3) is 0 Å².